The second kappa shape index (κ2) is 8.82. The van der Waals surface area contributed by atoms with Crippen LogP contribution in [-0.4, -0.2) is 23.3 Å². The summed E-state index contributed by atoms with van der Waals surface area (Å²) in [5.41, 5.74) is 4.78. The van der Waals surface area contributed by atoms with Crippen molar-refractivity contribution < 1.29 is 9.90 Å². The lowest BCUT2D eigenvalue weighted by Gasteiger charge is -2.07. The van der Waals surface area contributed by atoms with Crippen LogP contribution in [0.3, 0.4) is 0 Å². The van der Waals surface area contributed by atoms with Crippen molar-refractivity contribution in [1.82, 2.24) is 5.43 Å². The average Bonchev–Trinajstić information content (AvgIpc) is 2.56. The van der Waals surface area contributed by atoms with Crippen molar-refractivity contribution in [2.24, 2.45) is 5.10 Å². The van der Waals surface area contributed by atoms with Crippen LogP contribution in [0.1, 0.15) is 12.5 Å². The molecule has 0 aliphatic carbocycles. The molecule has 3 N–H and O–H groups in total. The van der Waals surface area contributed by atoms with E-state index in [9.17, 15) is 9.90 Å². The summed E-state index contributed by atoms with van der Waals surface area (Å²) in [6, 6.07) is 11.2. The van der Waals surface area contributed by atoms with Gasteiger partial charge in [0.05, 0.1) is 21.2 Å². The third-order valence-corrected chi connectivity index (χ3v) is 5.01. The lowest BCUT2D eigenvalue weighted by Crippen LogP contribution is -2.26. The minimum Gasteiger partial charge on any atom is -0.506 e. The zero-order chi connectivity index (χ0) is 17.7. The van der Waals surface area contributed by atoms with Crippen LogP contribution in [-0.2, 0) is 4.79 Å². The Labute approximate surface area is 170 Å². The number of nitrogens with zero attached hydrogens (tertiary/aromatic N) is 1. The molecular weight excluding hydrogens is 553 g/mol. The van der Waals surface area contributed by atoms with Gasteiger partial charge in [-0.3, -0.25) is 4.79 Å². The highest BCUT2D eigenvalue weighted by molar-refractivity contribution is 14.1. The van der Waals surface area contributed by atoms with E-state index in [1.54, 1.807) is 19.1 Å². The van der Waals surface area contributed by atoms with E-state index in [1.807, 2.05) is 24.3 Å². The lowest BCUT2D eigenvalue weighted by molar-refractivity contribution is -0.119. The van der Waals surface area contributed by atoms with E-state index in [2.05, 4.69) is 70.3 Å². The van der Waals surface area contributed by atoms with E-state index < -0.39 is 0 Å². The number of carbonyl (C=O) groups excluding carboxylic acids is 1. The zero-order valence-corrected chi connectivity index (χ0v) is 17.9. The standard InChI is InChI=1S/C16H14Br2IN3O2/c1-9(10-6-13(17)16(24)14(18)7-10)21-22-15(23)8-20-12-4-2-11(19)3-5-12/h2-7,20,24H,8H2,1H3,(H,22,23)/b21-9+. The van der Waals surface area contributed by atoms with Gasteiger partial charge in [-0.05, 0) is 103 Å². The van der Waals surface area contributed by atoms with Gasteiger partial charge in [-0.2, -0.15) is 5.10 Å². The van der Waals surface area contributed by atoms with E-state index in [4.69, 9.17) is 0 Å². The molecule has 0 saturated carbocycles. The molecule has 2 aromatic rings. The molecule has 24 heavy (non-hydrogen) atoms. The lowest BCUT2D eigenvalue weighted by atomic mass is 10.1. The monoisotopic (exact) mass is 565 g/mol. The van der Waals surface area contributed by atoms with Crippen LogP contribution in [0.15, 0.2) is 50.4 Å². The molecule has 0 aliphatic heterocycles. The number of hydrazone groups is 1. The third-order valence-electron chi connectivity index (χ3n) is 3.08. The van der Waals surface area contributed by atoms with E-state index in [0.29, 0.717) is 14.7 Å². The molecule has 0 saturated heterocycles. The van der Waals surface area contributed by atoms with Gasteiger partial charge in [0.25, 0.3) is 5.91 Å². The highest BCUT2D eigenvalue weighted by atomic mass is 127. The van der Waals surface area contributed by atoms with Gasteiger partial charge >= 0.3 is 0 Å². The van der Waals surface area contributed by atoms with Crippen LogP contribution in [0, 0.1) is 3.57 Å². The molecule has 0 aromatic heterocycles. The van der Waals surface area contributed by atoms with Crippen molar-refractivity contribution in [3.63, 3.8) is 0 Å². The summed E-state index contributed by atoms with van der Waals surface area (Å²) in [5.74, 6) is -0.123. The second-order valence-corrected chi connectivity index (χ2v) is 7.84. The Balaban J connectivity index is 1.94. The molecular formula is C16H14Br2IN3O2. The van der Waals surface area contributed by atoms with Crippen molar-refractivity contribution in [2.75, 3.05) is 11.9 Å². The second-order valence-electron chi connectivity index (χ2n) is 4.88. The molecule has 0 fully saturated rings. The van der Waals surface area contributed by atoms with E-state index in [-0.39, 0.29) is 18.2 Å². The first kappa shape index (κ1) is 19.2. The Morgan fingerprint density at radius 2 is 1.79 bits per heavy atom. The molecule has 126 valence electrons. The maximum atomic E-state index is 11.9. The predicted octanol–water partition coefficient (Wildman–Crippen LogP) is 4.47. The van der Waals surface area contributed by atoms with Gasteiger partial charge in [0, 0.05) is 9.26 Å². The number of hydrogen-bond acceptors (Lipinski definition) is 4. The summed E-state index contributed by atoms with van der Waals surface area (Å²) in [4.78, 5) is 11.9. The van der Waals surface area contributed by atoms with Gasteiger partial charge < -0.3 is 10.4 Å². The Bertz CT molecular complexity index is 756. The topological polar surface area (TPSA) is 73.7 Å². The fraction of sp³-hybridized carbons (Fsp3) is 0.125. The molecule has 1 amide bonds. The molecule has 5 nitrogen and oxygen atoms in total. The van der Waals surface area contributed by atoms with Crippen molar-refractivity contribution in [3.05, 3.63) is 54.5 Å². The highest BCUT2D eigenvalue weighted by Crippen LogP contribution is 2.33. The van der Waals surface area contributed by atoms with Crippen molar-refractivity contribution in [1.29, 1.82) is 0 Å². The maximum absolute atomic E-state index is 11.9. The number of anilines is 1. The first-order valence-corrected chi connectivity index (χ1v) is 9.54. The van der Waals surface area contributed by atoms with Gasteiger partial charge in [-0.25, -0.2) is 5.43 Å². The Morgan fingerprint density at radius 3 is 2.38 bits per heavy atom. The fourth-order valence-electron chi connectivity index (χ4n) is 1.77. The number of benzene rings is 2. The maximum Gasteiger partial charge on any atom is 0.259 e. The smallest absolute Gasteiger partial charge is 0.259 e. The quantitative estimate of drug-likeness (QED) is 0.284. The van der Waals surface area contributed by atoms with Gasteiger partial charge in [0.2, 0.25) is 0 Å². The number of rotatable bonds is 5. The predicted molar refractivity (Wildman–Crippen MR) is 112 cm³/mol. The van der Waals surface area contributed by atoms with Crippen LogP contribution in [0.5, 0.6) is 5.75 Å². The van der Waals surface area contributed by atoms with Gasteiger partial charge in [-0.1, -0.05) is 0 Å². The van der Waals surface area contributed by atoms with Gasteiger partial charge in [0.15, 0.2) is 0 Å². The number of carbonyl (C=O) groups is 1. The molecule has 0 radical (unpaired) electrons. The SMILES string of the molecule is C/C(=N\NC(=O)CNc1ccc(I)cc1)c1cc(Br)c(O)c(Br)c1. The van der Waals surface area contributed by atoms with Crippen molar-refractivity contribution in [2.45, 2.75) is 6.92 Å². The van der Waals surface area contributed by atoms with Crippen LogP contribution >= 0.6 is 54.5 Å². The van der Waals surface area contributed by atoms with E-state index >= 15 is 0 Å². The minimum atomic E-state index is -0.246. The van der Waals surface area contributed by atoms with E-state index in [0.717, 1.165) is 14.8 Å². The number of halogens is 3. The first-order valence-electron chi connectivity index (χ1n) is 6.88. The van der Waals surface area contributed by atoms with Crippen LogP contribution < -0.4 is 10.7 Å². The zero-order valence-electron chi connectivity index (χ0n) is 12.6. The number of aromatic hydroxyl groups is 1. The van der Waals surface area contributed by atoms with E-state index in [1.165, 1.54) is 0 Å². The largest absolute Gasteiger partial charge is 0.506 e. The first-order chi connectivity index (χ1) is 11.4. The summed E-state index contributed by atoms with van der Waals surface area (Å²) in [6.07, 6.45) is 0. The Hall–Kier alpha value is -1.13. The molecule has 0 spiro atoms. The number of nitrogens with one attached hydrogen (secondary N) is 2. The molecule has 8 heteroatoms. The average molecular weight is 567 g/mol. The number of amides is 1. The van der Waals surface area contributed by atoms with Crippen LogP contribution in [0.25, 0.3) is 0 Å². The van der Waals surface area contributed by atoms with Crippen molar-refractivity contribution >= 4 is 71.8 Å². The Kier molecular flexibility index (Phi) is 7.05. The summed E-state index contributed by atoms with van der Waals surface area (Å²) in [5, 5.41) is 16.8. The molecule has 0 heterocycles. The molecule has 0 atom stereocenters. The number of hydrogen-bond donors (Lipinski definition) is 3. The molecule has 0 aliphatic rings. The normalized spacial score (nSPS) is 11.2. The third kappa shape index (κ3) is 5.45. The van der Waals surface area contributed by atoms with Crippen molar-refractivity contribution in [3.8, 4) is 5.75 Å². The summed E-state index contributed by atoms with van der Waals surface area (Å²) in [7, 11) is 0. The molecule has 2 rings (SSSR count). The Morgan fingerprint density at radius 1 is 1.21 bits per heavy atom. The molecule has 0 bridgehead atoms. The highest BCUT2D eigenvalue weighted by Gasteiger charge is 2.08. The molecule has 2 aromatic carbocycles. The molecule has 0 unspecified atom stereocenters. The minimum absolute atomic E-state index is 0.123. The van der Waals surface area contributed by atoms with Gasteiger partial charge in [-0.15, -0.1) is 0 Å². The fourth-order valence-corrected chi connectivity index (χ4v) is 3.32. The summed E-state index contributed by atoms with van der Waals surface area (Å²) < 4.78 is 2.23. The van der Waals surface area contributed by atoms with Crippen LogP contribution in [0.4, 0.5) is 5.69 Å². The van der Waals surface area contributed by atoms with Gasteiger partial charge in [0.1, 0.15) is 5.75 Å². The summed E-state index contributed by atoms with van der Waals surface area (Å²) in [6.45, 7) is 1.90. The number of phenolic OH excluding ortho intramolecular Hbond substituents is 1. The summed E-state index contributed by atoms with van der Waals surface area (Å²) >= 11 is 8.76. The van der Waals surface area contributed by atoms with Crippen LogP contribution in [0.2, 0.25) is 0 Å². The number of phenols is 1.